The van der Waals surface area contributed by atoms with Crippen LogP contribution in [0.5, 0.6) is 0 Å². The van der Waals surface area contributed by atoms with Gasteiger partial charge < -0.3 is 9.72 Å². The molecule has 2 fully saturated rings. The third-order valence-electron chi connectivity index (χ3n) is 6.75. The monoisotopic (exact) mass is 429 g/mol. The Bertz CT molecular complexity index is 897. The van der Waals surface area contributed by atoms with Crippen molar-refractivity contribution in [2.24, 2.45) is 0 Å². The maximum absolute atomic E-state index is 14.0. The Morgan fingerprint density at radius 1 is 1.17 bits per heavy atom. The molecule has 1 saturated carbocycles. The first-order valence-electron chi connectivity index (χ1n) is 10.4. The van der Waals surface area contributed by atoms with E-state index >= 15 is 0 Å². The Labute approximate surface area is 175 Å². The fraction of sp³-hybridized carbons (Fsp3) is 0.667. The zero-order chi connectivity index (χ0) is 19.9. The molecule has 1 aliphatic heterocycles. The average Bonchev–Trinajstić information content (AvgIpc) is 3.00. The normalized spacial score (nSPS) is 26.6. The van der Waals surface area contributed by atoms with Gasteiger partial charge in [0.25, 0.3) is 0 Å². The van der Waals surface area contributed by atoms with Crippen molar-refractivity contribution in [1.29, 1.82) is 0 Å². The fourth-order valence-electron chi connectivity index (χ4n) is 5.11. The van der Waals surface area contributed by atoms with Crippen LogP contribution >= 0.6 is 12.4 Å². The van der Waals surface area contributed by atoms with Crippen molar-refractivity contribution in [1.82, 2.24) is 14.5 Å². The summed E-state index contributed by atoms with van der Waals surface area (Å²) in [6, 6.07) is 2.02. The first-order valence-corrected chi connectivity index (χ1v) is 10.4. The Morgan fingerprint density at radius 2 is 1.83 bits per heavy atom. The summed E-state index contributed by atoms with van der Waals surface area (Å²) in [5, 5.41) is 0. The van der Waals surface area contributed by atoms with Crippen LogP contribution in [0.15, 0.2) is 16.9 Å². The highest BCUT2D eigenvalue weighted by Crippen LogP contribution is 2.38. The maximum Gasteiger partial charge on any atom is 0.326 e. The molecule has 2 aromatic rings. The van der Waals surface area contributed by atoms with E-state index in [0.717, 1.165) is 64.3 Å². The summed E-state index contributed by atoms with van der Waals surface area (Å²) >= 11 is 0. The van der Waals surface area contributed by atoms with Crippen LogP contribution in [0.3, 0.4) is 0 Å². The topological polar surface area (TPSA) is 50.3 Å². The summed E-state index contributed by atoms with van der Waals surface area (Å²) in [5.74, 6) is -1.38. The second kappa shape index (κ2) is 8.74. The summed E-state index contributed by atoms with van der Waals surface area (Å²) < 4.78 is 35.0. The van der Waals surface area contributed by atoms with Gasteiger partial charge in [-0.05, 0) is 52.4 Å². The van der Waals surface area contributed by atoms with Crippen molar-refractivity contribution >= 4 is 23.4 Å². The van der Waals surface area contributed by atoms with Gasteiger partial charge in [0, 0.05) is 43.4 Å². The number of ether oxygens (including phenoxy) is 1. The predicted octanol–water partition coefficient (Wildman–Crippen LogP) is 4.40. The molecule has 162 valence electrons. The van der Waals surface area contributed by atoms with Gasteiger partial charge in [0.15, 0.2) is 5.82 Å². The van der Waals surface area contributed by atoms with Gasteiger partial charge >= 0.3 is 5.69 Å². The van der Waals surface area contributed by atoms with Crippen molar-refractivity contribution in [3.05, 3.63) is 34.3 Å². The van der Waals surface area contributed by atoms with Crippen molar-refractivity contribution in [3.63, 3.8) is 0 Å². The summed E-state index contributed by atoms with van der Waals surface area (Å²) in [7, 11) is 0. The van der Waals surface area contributed by atoms with Gasteiger partial charge in [-0.2, -0.15) is 0 Å². The molecule has 1 aromatic carbocycles. The zero-order valence-electron chi connectivity index (χ0n) is 17.0. The molecule has 1 N–H and O–H groups in total. The van der Waals surface area contributed by atoms with E-state index in [4.69, 9.17) is 4.74 Å². The highest BCUT2D eigenvalue weighted by Gasteiger charge is 2.38. The van der Waals surface area contributed by atoms with E-state index in [9.17, 15) is 13.6 Å². The highest BCUT2D eigenvalue weighted by molar-refractivity contribution is 5.85. The number of aromatic amines is 1. The number of H-pyrrole nitrogens is 1. The van der Waals surface area contributed by atoms with E-state index in [1.54, 1.807) is 4.57 Å². The second-order valence-corrected chi connectivity index (χ2v) is 8.45. The Morgan fingerprint density at radius 3 is 2.45 bits per heavy atom. The molecule has 8 heteroatoms. The molecule has 2 heterocycles. The van der Waals surface area contributed by atoms with Crippen molar-refractivity contribution in [2.75, 3.05) is 19.7 Å². The van der Waals surface area contributed by atoms with Gasteiger partial charge in [0.1, 0.15) is 11.3 Å². The van der Waals surface area contributed by atoms with Gasteiger partial charge in [0.05, 0.1) is 11.6 Å². The molecule has 5 nitrogen and oxygen atoms in total. The van der Waals surface area contributed by atoms with E-state index in [-0.39, 0.29) is 35.2 Å². The molecule has 0 radical (unpaired) electrons. The van der Waals surface area contributed by atoms with Crippen LogP contribution in [0.4, 0.5) is 8.78 Å². The molecule has 2 aliphatic rings. The van der Waals surface area contributed by atoms with Gasteiger partial charge in [-0.25, -0.2) is 13.6 Å². The SMILES string of the molecule is CCOC1CCC(C)(N2CCC(n3c(=O)[nH]c4c(F)cc(F)cc43)CC2)CC1.Cl. The number of hydrogen-bond acceptors (Lipinski definition) is 3. The molecule has 0 bridgehead atoms. The predicted molar refractivity (Wildman–Crippen MR) is 112 cm³/mol. The van der Waals surface area contributed by atoms with Gasteiger partial charge in [-0.15, -0.1) is 12.4 Å². The third-order valence-corrected chi connectivity index (χ3v) is 6.75. The van der Waals surface area contributed by atoms with Crippen LogP contribution in [0.25, 0.3) is 11.0 Å². The molecule has 1 aromatic heterocycles. The zero-order valence-corrected chi connectivity index (χ0v) is 17.9. The third kappa shape index (κ3) is 4.23. The van der Waals surface area contributed by atoms with Crippen LogP contribution in [0.2, 0.25) is 0 Å². The minimum absolute atomic E-state index is 0. The van der Waals surface area contributed by atoms with Crippen LogP contribution in [0, 0.1) is 11.6 Å². The van der Waals surface area contributed by atoms with Crippen LogP contribution < -0.4 is 5.69 Å². The van der Waals surface area contributed by atoms with E-state index in [1.807, 2.05) is 6.92 Å². The number of hydrogen-bond donors (Lipinski definition) is 1. The van der Waals surface area contributed by atoms with Crippen molar-refractivity contribution < 1.29 is 13.5 Å². The van der Waals surface area contributed by atoms with E-state index < -0.39 is 11.6 Å². The molecule has 0 unspecified atom stereocenters. The fourth-order valence-corrected chi connectivity index (χ4v) is 5.11. The molecule has 1 aliphatic carbocycles. The number of halogens is 3. The molecule has 0 amide bonds. The first kappa shape index (κ1) is 22.2. The maximum atomic E-state index is 14.0. The summed E-state index contributed by atoms with van der Waals surface area (Å²) in [5.41, 5.74) is 0.225. The van der Waals surface area contributed by atoms with Crippen LogP contribution in [0.1, 0.15) is 58.4 Å². The quantitative estimate of drug-likeness (QED) is 0.783. The lowest BCUT2D eigenvalue weighted by Crippen LogP contribution is -2.53. The number of piperidine rings is 1. The van der Waals surface area contributed by atoms with Crippen LogP contribution in [-0.2, 0) is 4.74 Å². The Hall–Kier alpha value is -1.44. The number of likely N-dealkylation sites (tertiary alicyclic amines) is 1. The Balaban J connectivity index is 0.00000240. The molecular weight excluding hydrogens is 400 g/mol. The largest absolute Gasteiger partial charge is 0.379 e. The number of nitrogens with one attached hydrogen (secondary N) is 1. The molecule has 29 heavy (non-hydrogen) atoms. The minimum atomic E-state index is -0.721. The number of aromatic nitrogens is 2. The summed E-state index contributed by atoms with van der Waals surface area (Å²) in [4.78, 5) is 17.5. The van der Waals surface area contributed by atoms with Crippen LogP contribution in [-0.4, -0.2) is 45.8 Å². The average molecular weight is 430 g/mol. The molecule has 1 saturated heterocycles. The number of fused-ring (bicyclic) bond motifs is 1. The summed E-state index contributed by atoms with van der Waals surface area (Å²) in [6.07, 6.45) is 6.39. The second-order valence-electron chi connectivity index (χ2n) is 8.45. The first-order chi connectivity index (χ1) is 13.4. The molecule has 0 atom stereocenters. The lowest BCUT2D eigenvalue weighted by atomic mass is 9.79. The number of benzene rings is 1. The smallest absolute Gasteiger partial charge is 0.326 e. The summed E-state index contributed by atoms with van der Waals surface area (Å²) in [6.45, 7) is 6.92. The number of imidazole rings is 1. The van der Waals surface area contributed by atoms with Gasteiger partial charge in [-0.1, -0.05) is 0 Å². The van der Waals surface area contributed by atoms with Crippen molar-refractivity contribution in [2.45, 2.75) is 70.1 Å². The molecule has 0 spiro atoms. The standard InChI is InChI=1S/C21H29F2N3O2.ClH/c1-3-28-16-4-8-21(2,9-5-16)25-10-6-15(7-11-25)26-18-13-14(22)12-17(23)19(18)24-20(26)27;/h12-13,15-16H,3-11H2,1-2H3,(H,24,27);1H. The minimum Gasteiger partial charge on any atom is -0.379 e. The van der Waals surface area contributed by atoms with E-state index in [0.29, 0.717) is 11.6 Å². The van der Waals surface area contributed by atoms with E-state index in [2.05, 4.69) is 16.8 Å². The van der Waals surface area contributed by atoms with Crippen molar-refractivity contribution in [3.8, 4) is 0 Å². The van der Waals surface area contributed by atoms with E-state index in [1.165, 1.54) is 6.07 Å². The number of rotatable bonds is 4. The van der Waals surface area contributed by atoms with Gasteiger partial charge in [0.2, 0.25) is 0 Å². The lowest BCUT2D eigenvalue weighted by Gasteiger charge is -2.48. The Kier molecular flexibility index (Phi) is 6.70. The highest BCUT2D eigenvalue weighted by atomic mass is 35.5. The van der Waals surface area contributed by atoms with Gasteiger partial charge in [-0.3, -0.25) is 9.47 Å². The molecular formula is C21H30ClF2N3O2. The number of nitrogens with zero attached hydrogens (tertiary/aromatic N) is 2. The lowest BCUT2D eigenvalue weighted by molar-refractivity contribution is -0.0273. The molecule has 4 rings (SSSR count).